The van der Waals surface area contributed by atoms with E-state index in [9.17, 15) is 9.59 Å². The standard InChI is InChI=1S/C17H23N5O3/c1-3-13-4-5-14(25-13)17(24)18-15-6-7-22(19-15)12-16(23)21-10-8-20(2)9-11-21/h4-7H,3,8-12H2,1-2H3,(H,18,19,24). The second-order valence-electron chi connectivity index (χ2n) is 6.16. The number of aromatic nitrogens is 2. The molecule has 1 aliphatic heterocycles. The van der Waals surface area contributed by atoms with E-state index < -0.39 is 0 Å². The number of anilines is 1. The molecule has 0 bridgehead atoms. The fraction of sp³-hybridized carbons (Fsp3) is 0.471. The Kier molecular flexibility index (Phi) is 5.18. The molecule has 134 valence electrons. The van der Waals surface area contributed by atoms with Crippen molar-refractivity contribution in [1.82, 2.24) is 19.6 Å². The van der Waals surface area contributed by atoms with Crippen LogP contribution in [0.25, 0.3) is 0 Å². The minimum atomic E-state index is -0.352. The van der Waals surface area contributed by atoms with E-state index in [1.807, 2.05) is 18.9 Å². The first kappa shape index (κ1) is 17.2. The lowest BCUT2D eigenvalue weighted by molar-refractivity contribution is -0.133. The van der Waals surface area contributed by atoms with Crippen LogP contribution in [-0.4, -0.2) is 64.6 Å². The maximum absolute atomic E-state index is 12.3. The second kappa shape index (κ2) is 7.52. The molecule has 0 unspecified atom stereocenters. The summed E-state index contributed by atoms with van der Waals surface area (Å²) in [5.74, 6) is 1.09. The summed E-state index contributed by atoms with van der Waals surface area (Å²) in [6, 6.07) is 5.09. The quantitative estimate of drug-likeness (QED) is 0.876. The first-order valence-corrected chi connectivity index (χ1v) is 8.45. The number of carbonyl (C=O) groups excluding carboxylic acids is 2. The molecule has 1 aliphatic rings. The number of amides is 2. The Bertz CT molecular complexity index is 743. The number of likely N-dealkylation sites (N-methyl/N-ethyl adjacent to an activating group) is 1. The predicted octanol–water partition coefficient (Wildman–Crippen LogP) is 1.06. The number of carbonyl (C=O) groups is 2. The van der Waals surface area contributed by atoms with E-state index in [-0.39, 0.29) is 24.1 Å². The number of nitrogens with one attached hydrogen (secondary N) is 1. The molecule has 2 aromatic heterocycles. The largest absolute Gasteiger partial charge is 0.456 e. The highest BCUT2D eigenvalue weighted by atomic mass is 16.3. The molecule has 3 rings (SSSR count). The summed E-state index contributed by atoms with van der Waals surface area (Å²) < 4.78 is 6.95. The van der Waals surface area contributed by atoms with E-state index in [4.69, 9.17) is 4.42 Å². The smallest absolute Gasteiger partial charge is 0.292 e. The molecule has 1 saturated heterocycles. The highest BCUT2D eigenvalue weighted by molar-refractivity contribution is 6.01. The average molecular weight is 345 g/mol. The van der Waals surface area contributed by atoms with Crippen LogP contribution >= 0.6 is 0 Å². The lowest BCUT2D eigenvalue weighted by Gasteiger charge is -2.32. The summed E-state index contributed by atoms with van der Waals surface area (Å²) in [4.78, 5) is 28.5. The van der Waals surface area contributed by atoms with Crippen molar-refractivity contribution in [3.63, 3.8) is 0 Å². The number of piperazine rings is 1. The first-order chi connectivity index (χ1) is 12.0. The van der Waals surface area contributed by atoms with Crippen molar-refractivity contribution in [1.29, 1.82) is 0 Å². The molecular formula is C17H23N5O3. The van der Waals surface area contributed by atoms with Crippen LogP contribution in [0.3, 0.4) is 0 Å². The molecule has 8 heteroatoms. The number of aryl methyl sites for hydroxylation is 1. The number of hydrogen-bond donors (Lipinski definition) is 1. The lowest BCUT2D eigenvalue weighted by atomic mass is 10.3. The summed E-state index contributed by atoms with van der Waals surface area (Å²) >= 11 is 0. The molecule has 0 aromatic carbocycles. The van der Waals surface area contributed by atoms with Gasteiger partial charge in [0.1, 0.15) is 12.3 Å². The van der Waals surface area contributed by atoms with Gasteiger partial charge in [0, 0.05) is 44.9 Å². The summed E-state index contributed by atoms with van der Waals surface area (Å²) in [5, 5.41) is 6.92. The van der Waals surface area contributed by atoms with Crippen LogP contribution in [0.4, 0.5) is 5.82 Å². The Labute approximate surface area is 146 Å². The lowest BCUT2D eigenvalue weighted by Crippen LogP contribution is -2.48. The van der Waals surface area contributed by atoms with Gasteiger partial charge in [-0.2, -0.15) is 5.10 Å². The van der Waals surface area contributed by atoms with Gasteiger partial charge in [0.2, 0.25) is 5.91 Å². The van der Waals surface area contributed by atoms with Gasteiger partial charge in [-0.05, 0) is 19.2 Å². The fourth-order valence-electron chi connectivity index (χ4n) is 2.68. The molecule has 3 heterocycles. The van der Waals surface area contributed by atoms with Crippen LogP contribution in [0.1, 0.15) is 23.2 Å². The van der Waals surface area contributed by atoms with Crippen molar-refractivity contribution in [2.24, 2.45) is 0 Å². The predicted molar refractivity (Wildman–Crippen MR) is 92.3 cm³/mol. The molecule has 0 spiro atoms. The third-order valence-electron chi connectivity index (χ3n) is 4.27. The molecule has 0 saturated carbocycles. The monoisotopic (exact) mass is 345 g/mol. The maximum atomic E-state index is 12.3. The van der Waals surface area contributed by atoms with Crippen LogP contribution < -0.4 is 5.32 Å². The third-order valence-corrected chi connectivity index (χ3v) is 4.27. The van der Waals surface area contributed by atoms with Gasteiger partial charge in [0.15, 0.2) is 11.6 Å². The fourth-order valence-corrected chi connectivity index (χ4v) is 2.68. The SMILES string of the molecule is CCc1ccc(C(=O)Nc2ccn(CC(=O)N3CCN(C)CC3)n2)o1. The van der Waals surface area contributed by atoms with Crippen LogP contribution in [0, 0.1) is 0 Å². The summed E-state index contributed by atoms with van der Waals surface area (Å²) in [6.45, 7) is 5.36. The van der Waals surface area contributed by atoms with Crippen molar-refractivity contribution < 1.29 is 14.0 Å². The van der Waals surface area contributed by atoms with Crippen LogP contribution in [0.2, 0.25) is 0 Å². The molecule has 2 aromatic rings. The molecule has 0 aliphatic carbocycles. The number of rotatable bonds is 5. The van der Waals surface area contributed by atoms with Gasteiger partial charge < -0.3 is 19.5 Å². The average Bonchev–Trinajstić information content (AvgIpc) is 3.24. The maximum Gasteiger partial charge on any atom is 0.292 e. The van der Waals surface area contributed by atoms with Gasteiger partial charge in [0.05, 0.1) is 0 Å². The van der Waals surface area contributed by atoms with Crippen LogP contribution in [0.5, 0.6) is 0 Å². The topological polar surface area (TPSA) is 83.6 Å². The molecule has 1 fully saturated rings. The zero-order valence-electron chi connectivity index (χ0n) is 14.6. The number of hydrogen-bond acceptors (Lipinski definition) is 5. The van der Waals surface area contributed by atoms with E-state index in [2.05, 4.69) is 15.3 Å². The van der Waals surface area contributed by atoms with Crippen LogP contribution in [0.15, 0.2) is 28.8 Å². The molecule has 0 radical (unpaired) electrons. The van der Waals surface area contributed by atoms with Gasteiger partial charge in [-0.15, -0.1) is 0 Å². The molecular weight excluding hydrogens is 322 g/mol. The van der Waals surface area contributed by atoms with Gasteiger partial charge in [-0.3, -0.25) is 14.3 Å². The second-order valence-corrected chi connectivity index (χ2v) is 6.16. The Hall–Kier alpha value is -2.61. The van der Waals surface area contributed by atoms with Crippen molar-refractivity contribution in [3.8, 4) is 0 Å². The summed E-state index contributed by atoms with van der Waals surface area (Å²) in [6.07, 6.45) is 2.42. The zero-order chi connectivity index (χ0) is 17.8. The first-order valence-electron chi connectivity index (χ1n) is 8.45. The van der Waals surface area contributed by atoms with Crippen molar-refractivity contribution in [2.45, 2.75) is 19.9 Å². The van der Waals surface area contributed by atoms with Crippen molar-refractivity contribution in [3.05, 3.63) is 35.9 Å². The summed E-state index contributed by atoms with van der Waals surface area (Å²) in [5.41, 5.74) is 0. The van der Waals surface area contributed by atoms with Gasteiger partial charge in [-0.25, -0.2) is 0 Å². The van der Waals surface area contributed by atoms with Gasteiger partial charge >= 0.3 is 0 Å². The molecule has 2 amide bonds. The van der Waals surface area contributed by atoms with Crippen LogP contribution in [-0.2, 0) is 17.8 Å². The van der Waals surface area contributed by atoms with E-state index >= 15 is 0 Å². The normalized spacial score (nSPS) is 15.4. The minimum absolute atomic E-state index is 0.0349. The van der Waals surface area contributed by atoms with Gasteiger partial charge in [0.25, 0.3) is 5.91 Å². The Morgan fingerprint density at radius 1 is 1.20 bits per heavy atom. The van der Waals surface area contributed by atoms with E-state index in [1.165, 1.54) is 4.68 Å². The highest BCUT2D eigenvalue weighted by Crippen LogP contribution is 2.11. The number of nitrogens with zero attached hydrogens (tertiary/aromatic N) is 4. The Morgan fingerprint density at radius 3 is 2.64 bits per heavy atom. The molecule has 25 heavy (non-hydrogen) atoms. The highest BCUT2D eigenvalue weighted by Gasteiger charge is 2.19. The summed E-state index contributed by atoms with van der Waals surface area (Å²) in [7, 11) is 2.05. The zero-order valence-corrected chi connectivity index (χ0v) is 14.6. The van der Waals surface area contributed by atoms with E-state index in [0.717, 1.165) is 38.4 Å². The Balaban J connectivity index is 1.55. The minimum Gasteiger partial charge on any atom is -0.456 e. The van der Waals surface area contributed by atoms with Gasteiger partial charge in [-0.1, -0.05) is 6.92 Å². The molecule has 1 N–H and O–H groups in total. The van der Waals surface area contributed by atoms with E-state index in [0.29, 0.717) is 5.82 Å². The van der Waals surface area contributed by atoms with Crippen molar-refractivity contribution >= 4 is 17.6 Å². The number of furan rings is 1. The Morgan fingerprint density at radius 2 is 1.96 bits per heavy atom. The molecule has 8 nitrogen and oxygen atoms in total. The van der Waals surface area contributed by atoms with Crippen molar-refractivity contribution in [2.75, 3.05) is 38.5 Å². The van der Waals surface area contributed by atoms with E-state index in [1.54, 1.807) is 24.4 Å². The molecule has 0 atom stereocenters. The third kappa shape index (κ3) is 4.27.